The number of aromatic nitrogens is 2. The quantitative estimate of drug-likeness (QED) is 0.588. The summed E-state index contributed by atoms with van der Waals surface area (Å²) in [5.41, 5.74) is 1.34. The van der Waals surface area contributed by atoms with Gasteiger partial charge in [0.15, 0.2) is 5.75 Å². The molecule has 1 N–H and O–H groups in total. The maximum absolute atomic E-state index is 13.0. The Labute approximate surface area is 215 Å². The first kappa shape index (κ1) is 27.0. The molecule has 2 saturated heterocycles. The summed E-state index contributed by atoms with van der Waals surface area (Å²) in [6.45, 7) is 8.66. The van der Waals surface area contributed by atoms with Crippen molar-refractivity contribution in [1.82, 2.24) is 25.1 Å². The number of carbonyl (C=O) groups is 1. The monoisotopic (exact) mass is 520 g/mol. The van der Waals surface area contributed by atoms with E-state index in [1.165, 1.54) is 5.56 Å². The van der Waals surface area contributed by atoms with E-state index in [4.69, 9.17) is 0 Å². The maximum atomic E-state index is 13.0. The van der Waals surface area contributed by atoms with Crippen molar-refractivity contribution in [2.45, 2.75) is 58.1 Å². The molecule has 0 bridgehead atoms. The van der Waals surface area contributed by atoms with E-state index in [9.17, 15) is 18.0 Å². The number of carbonyl (C=O) groups excluding carboxylic acids is 1. The molecule has 8 nitrogen and oxygen atoms in total. The molecule has 0 spiro atoms. The Kier molecular flexibility index (Phi) is 8.73. The number of urea groups is 1. The Bertz CT molecular complexity index is 988. The van der Waals surface area contributed by atoms with Gasteiger partial charge in [0.1, 0.15) is 0 Å². The zero-order valence-corrected chi connectivity index (χ0v) is 21.3. The third-order valence-corrected chi connectivity index (χ3v) is 7.07. The number of ether oxygens (including phenoxy) is 1. The molecule has 1 aromatic carbocycles. The number of nitrogens with one attached hydrogen (secondary N) is 1. The number of halogens is 3. The van der Waals surface area contributed by atoms with Crippen LogP contribution in [-0.4, -0.2) is 77.0 Å². The van der Waals surface area contributed by atoms with E-state index >= 15 is 0 Å². The molecule has 0 radical (unpaired) electrons. The van der Waals surface area contributed by atoms with Gasteiger partial charge < -0.3 is 19.9 Å². The number of likely N-dealkylation sites (tertiary alicyclic amines) is 1. The van der Waals surface area contributed by atoms with E-state index in [1.807, 2.05) is 29.7 Å². The lowest BCUT2D eigenvalue weighted by Crippen LogP contribution is -2.61. The maximum Gasteiger partial charge on any atom is 0.573 e. The van der Waals surface area contributed by atoms with Gasteiger partial charge in [-0.3, -0.25) is 4.90 Å². The third-order valence-electron chi connectivity index (χ3n) is 7.07. The molecule has 11 heteroatoms. The highest BCUT2D eigenvalue weighted by molar-refractivity contribution is 5.75. The van der Waals surface area contributed by atoms with Gasteiger partial charge in [0.25, 0.3) is 0 Å². The molecule has 2 atom stereocenters. The third kappa shape index (κ3) is 7.70. The van der Waals surface area contributed by atoms with Crippen molar-refractivity contribution in [3.8, 4) is 5.75 Å². The second-order valence-corrected chi connectivity index (χ2v) is 10.0. The zero-order chi connectivity index (χ0) is 26.4. The molecule has 3 heterocycles. The van der Waals surface area contributed by atoms with Crippen molar-refractivity contribution in [2.24, 2.45) is 5.92 Å². The lowest BCUT2D eigenvalue weighted by Gasteiger charge is -2.44. The molecular weight excluding hydrogens is 485 g/mol. The largest absolute Gasteiger partial charge is 0.573 e. The summed E-state index contributed by atoms with van der Waals surface area (Å²) in [4.78, 5) is 27.2. The highest BCUT2D eigenvalue weighted by atomic mass is 19.4. The van der Waals surface area contributed by atoms with Gasteiger partial charge in [-0.05, 0) is 57.7 Å². The van der Waals surface area contributed by atoms with Crippen LogP contribution in [0.25, 0.3) is 0 Å². The van der Waals surface area contributed by atoms with Crippen LogP contribution < -0.4 is 15.0 Å². The predicted molar refractivity (Wildman–Crippen MR) is 134 cm³/mol. The van der Waals surface area contributed by atoms with Crippen molar-refractivity contribution in [3.63, 3.8) is 0 Å². The van der Waals surface area contributed by atoms with Crippen LogP contribution in [0.1, 0.15) is 38.7 Å². The summed E-state index contributed by atoms with van der Waals surface area (Å²) in [5, 5.41) is 3.10. The topological polar surface area (TPSA) is 73.8 Å². The average molecular weight is 521 g/mol. The van der Waals surface area contributed by atoms with Gasteiger partial charge >= 0.3 is 12.4 Å². The van der Waals surface area contributed by atoms with Crippen molar-refractivity contribution in [3.05, 3.63) is 48.3 Å². The van der Waals surface area contributed by atoms with Gasteiger partial charge in [-0.2, -0.15) is 0 Å². The van der Waals surface area contributed by atoms with Gasteiger partial charge in [0, 0.05) is 38.3 Å². The molecule has 37 heavy (non-hydrogen) atoms. The van der Waals surface area contributed by atoms with Gasteiger partial charge in [-0.1, -0.05) is 30.3 Å². The summed E-state index contributed by atoms with van der Waals surface area (Å²) in [7, 11) is 0. The van der Waals surface area contributed by atoms with Crippen LogP contribution in [0, 0.1) is 5.92 Å². The number of amides is 2. The highest BCUT2D eigenvalue weighted by Gasteiger charge is 2.35. The number of piperazine rings is 1. The SMILES string of the molecule is CC1CN(c2ncc(OC(F)(F)F)cn2)CC(C)N1C(=O)NCCC1CCN(Cc2ccccc2)CC1. The van der Waals surface area contributed by atoms with Crippen LogP contribution in [0.4, 0.5) is 23.9 Å². The molecule has 2 aliphatic heterocycles. The second kappa shape index (κ2) is 12.0. The smallest absolute Gasteiger partial charge is 0.402 e. The molecular formula is C26H35F3N6O2. The molecule has 2 amide bonds. The highest BCUT2D eigenvalue weighted by Crippen LogP contribution is 2.25. The zero-order valence-electron chi connectivity index (χ0n) is 21.3. The summed E-state index contributed by atoms with van der Waals surface area (Å²) < 4.78 is 40.9. The Morgan fingerprint density at radius 3 is 2.27 bits per heavy atom. The minimum atomic E-state index is -4.79. The van der Waals surface area contributed by atoms with Crippen LogP contribution in [-0.2, 0) is 6.54 Å². The molecule has 0 aliphatic carbocycles. The number of piperidine rings is 1. The second-order valence-electron chi connectivity index (χ2n) is 10.0. The number of benzene rings is 1. The average Bonchev–Trinajstić information content (AvgIpc) is 2.85. The van der Waals surface area contributed by atoms with E-state index in [0.29, 0.717) is 31.5 Å². The summed E-state index contributed by atoms with van der Waals surface area (Å²) in [6, 6.07) is 10.2. The van der Waals surface area contributed by atoms with Crippen molar-refractivity contribution >= 4 is 12.0 Å². The van der Waals surface area contributed by atoms with Crippen LogP contribution in [0.3, 0.4) is 0 Å². The molecule has 2 aromatic rings. The van der Waals surface area contributed by atoms with E-state index in [-0.39, 0.29) is 18.1 Å². The lowest BCUT2D eigenvalue weighted by atomic mass is 9.93. The van der Waals surface area contributed by atoms with Crippen LogP contribution in [0.2, 0.25) is 0 Å². The van der Waals surface area contributed by atoms with Crippen LogP contribution >= 0.6 is 0 Å². The molecule has 1 aromatic heterocycles. The van der Waals surface area contributed by atoms with E-state index in [1.54, 1.807) is 0 Å². The lowest BCUT2D eigenvalue weighted by molar-refractivity contribution is -0.274. The fourth-order valence-corrected chi connectivity index (χ4v) is 5.29. The Balaban J connectivity index is 1.19. The molecule has 2 aliphatic rings. The molecule has 202 valence electrons. The van der Waals surface area contributed by atoms with Gasteiger partial charge in [-0.25, -0.2) is 14.8 Å². The van der Waals surface area contributed by atoms with Gasteiger partial charge in [0.2, 0.25) is 5.95 Å². The van der Waals surface area contributed by atoms with Crippen LogP contribution in [0.5, 0.6) is 5.75 Å². The van der Waals surface area contributed by atoms with Gasteiger partial charge in [0.05, 0.1) is 12.4 Å². The van der Waals surface area contributed by atoms with E-state index in [0.717, 1.165) is 51.3 Å². The first-order valence-electron chi connectivity index (χ1n) is 12.8. The fraction of sp³-hybridized carbons (Fsp3) is 0.577. The van der Waals surface area contributed by atoms with E-state index in [2.05, 4.69) is 49.2 Å². The normalized spacial score (nSPS) is 21.6. The number of rotatable bonds is 7. The predicted octanol–water partition coefficient (Wildman–Crippen LogP) is 4.29. The first-order chi connectivity index (χ1) is 17.7. The molecule has 0 saturated carbocycles. The van der Waals surface area contributed by atoms with Crippen molar-refractivity contribution in [1.29, 1.82) is 0 Å². The summed E-state index contributed by atoms with van der Waals surface area (Å²) in [6.07, 6.45) is 0.481. The van der Waals surface area contributed by atoms with Crippen molar-refractivity contribution < 1.29 is 22.7 Å². The molecule has 2 unspecified atom stereocenters. The number of nitrogens with zero attached hydrogens (tertiary/aromatic N) is 5. The van der Waals surface area contributed by atoms with Crippen molar-refractivity contribution in [2.75, 3.05) is 37.6 Å². The number of anilines is 1. The Hall–Kier alpha value is -3.08. The molecule has 4 rings (SSSR count). The standard InChI is InChI=1S/C26H35F3N6O2/c1-19-16-34(24-31-14-23(15-32-24)37-26(27,28)29)17-20(2)35(19)25(36)30-11-8-21-9-12-33(13-10-21)18-22-6-4-3-5-7-22/h3-7,14-15,19-21H,8-13,16-18H2,1-2H3,(H,30,36). The van der Waals surface area contributed by atoms with E-state index < -0.39 is 12.1 Å². The molecule has 2 fully saturated rings. The number of hydrogen-bond donors (Lipinski definition) is 1. The number of alkyl halides is 3. The van der Waals surface area contributed by atoms with Crippen LogP contribution in [0.15, 0.2) is 42.7 Å². The first-order valence-corrected chi connectivity index (χ1v) is 12.8. The Morgan fingerprint density at radius 2 is 1.68 bits per heavy atom. The summed E-state index contributed by atoms with van der Waals surface area (Å²) in [5.74, 6) is 0.463. The number of hydrogen-bond acceptors (Lipinski definition) is 6. The fourth-order valence-electron chi connectivity index (χ4n) is 5.29. The Morgan fingerprint density at radius 1 is 1.05 bits per heavy atom. The van der Waals surface area contributed by atoms with Gasteiger partial charge in [-0.15, -0.1) is 13.2 Å². The minimum Gasteiger partial charge on any atom is -0.402 e. The minimum absolute atomic E-state index is 0.0870. The summed E-state index contributed by atoms with van der Waals surface area (Å²) >= 11 is 0.